The minimum absolute atomic E-state index is 0.00895. The van der Waals surface area contributed by atoms with Crippen LogP contribution in [0.1, 0.15) is 33.3 Å². The van der Waals surface area contributed by atoms with Gasteiger partial charge in [-0.25, -0.2) is 4.79 Å². The van der Waals surface area contributed by atoms with Crippen LogP contribution < -0.4 is 4.90 Å². The smallest absolute Gasteiger partial charge is 0.410 e. The van der Waals surface area contributed by atoms with E-state index in [4.69, 9.17) is 20.8 Å². The molecule has 0 spiro atoms. The molecular formula is C18H21ClN4O3. The van der Waals surface area contributed by atoms with Crippen molar-refractivity contribution in [3.8, 4) is 6.07 Å². The number of aromatic nitrogens is 1. The average molecular weight is 377 g/mol. The summed E-state index contributed by atoms with van der Waals surface area (Å²) in [5, 5.41) is 9.69. The van der Waals surface area contributed by atoms with Crippen molar-refractivity contribution >= 4 is 34.8 Å². The van der Waals surface area contributed by atoms with E-state index in [0.29, 0.717) is 47.3 Å². The molecule has 1 unspecified atom stereocenters. The second-order valence-electron chi connectivity index (χ2n) is 7.38. The minimum atomic E-state index is -0.523. The molecule has 1 aliphatic heterocycles. The van der Waals surface area contributed by atoms with Crippen LogP contribution in [0, 0.1) is 11.3 Å². The fourth-order valence-electron chi connectivity index (χ4n) is 2.93. The Hall–Kier alpha value is -2.46. The number of rotatable bonds is 1. The number of benzene rings is 1. The molecule has 2 aromatic rings. The van der Waals surface area contributed by atoms with Crippen LogP contribution in [0.4, 0.5) is 10.8 Å². The monoisotopic (exact) mass is 376 g/mol. The molecule has 0 bridgehead atoms. The largest absolute Gasteiger partial charge is 0.444 e. The van der Waals surface area contributed by atoms with Crippen molar-refractivity contribution in [2.75, 3.05) is 24.5 Å². The van der Waals surface area contributed by atoms with Gasteiger partial charge in [0.1, 0.15) is 17.2 Å². The van der Waals surface area contributed by atoms with Crippen LogP contribution >= 0.6 is 11.6 Å². The third kappa shape index (κ3) is 3.70. The molecule has 1 aliphatic rings. The van der Waals surface area contributed by atoms with Crippen LogP contribution in [0.15, 0.2) is 16.5 Å². The van der Waals surface area contributed by atoms with E-state index in [0.717, 1.165) is 0 Å². The fourth-order valence-corrected chi connectivity index (χ4v) is 3.14. The molecule has 3 rings (SSSR count). The maximum absolute atomic E-state index is 12.3. The first kappa shape index (κ1) is 18.3. The van der Waals surface area contributed by atoms with E-state index in [2.05, 4.69) is 11.1 Å². The second-order valence-corrected chi connectivity index (χ2v) is 7.82. The van der Waals surface area contributed by atoms with Crippen LogP contribution in [0.5, 0.6) is 0 Å². The summed E-state index contributed by atoms with van der Waals surface area (Å²) in [4.78, 5) is 20.4. The lowest BCUT2D eigenvalue weighted by Gasteiger charge is -2.39. The van der Waals surface area contributed by atoms with Crippen molar-refractivity contribution in [3.63, 3.8) is 0 Å². The lowest BCUT2D eigenvalue weighted by atomic mass is 10.2. The summed E-state index contributed by atoms with van der Waals surface area (Å²) in [6.45, 7) is 9.10. The van der Waals surface area contributed by atoms with Crippen LogP contribution in [0.2, 0.25) is 5.02 Å². The SMILES string of the molecule is CC1CN(C(=O)OC(C)(C)C)CCN1c1nc2cc(Cl)cc(C#N)c2o1. The zero-order valence-electron chi connectivity index (χ0n) is 15.2. The number of ether oxygens (including phenoxy) is 1. The number of anilines is 1. The lowest BCUT2D eigenvalue weighted by Crippen LogP contribution is -2.54. The van der Waals surface area contributed by atoms with E-state index in [1.54, 1.807) is 17.0 Å². The molecule has 8 heteroatoms. The molecule has 7 nitrogen and oxygen atoms in total. The van der Waals surface area contributed by atoms with Crippen LogP contribution in [-0.2, 0) is 4.74 Å². The van der Waals surface area contributed by atoms with E-state index >= 15 is 0 Å². The van der Waals surface area contributed by atoms with Gasteiger partial charge in [-0.3, -0.25) is 0 Å². The molecular weight excluding hydrogens is 356 g/mol. The Kier molecular flexibility index (Phi) is 4.72. The highest BCUT2D eigenvalue weighted by atomic mass is 35.5. The third-order valence-electron chi connectivity index (χ3n) is 4.09. The fraction of sp³-hybridized carbons (Fsp3) is 0.500. The van der Waals surface area contributed by atoms with Gasteiger partial charge in [-0.15, -0.1) is 0 Å². The molecule has 0 N–H and O–H groups in total. The summed E-state index contributed by atoms with van der Waals surface area (Å²) in [5.74, 6) is 0. The van der Waals surface area contributed by atoms with E-state index < -0.39 is 5.60 Å². The van der Waals surface area contributed by atoms with E-state index in [9.17, 15) is 10.1 Å². The predicted octanol–water partition coefficient (Wildman–Crippen LogP) is 3.80. The summed E-state index contributed by atoms with van der Waals surface area (Å²) in [6, 6.07) is 5.72. The Morgan fingerprint density at radius 2 is 2.15 bits per heavy atom. The van der Waals surface area contributed by atoms with Gasteiger partial charge in [0, 0.05) is 30.7 Å². The zero-order valence-corrected chi connectivity index (χ0v) is 16.0. The number of halogens is 1. The number of hydrogen-bond acceptors (Lipinski definition) is 6. The number of hydrogen-bond donors (Lipinski definition) is 0. The minimum Gasteiger partial charge on any atom is -0.444 e. The standard InChI is InChI=1S/C18H21ClN4O3/c1-11-10-22(17(24)26-18(2,3)4)5-6-23(11)16-21-14-8-13(19)7-12(9-20)15(14)25-16/h7-8,11H,5-6,10H2,1-4H3. The maximum atomic E-state index is 12.3. The van der Waals surface area contributed by atoms with Crippen molar-refractivity contribution in [3.05, 3.63) is 22.7 Å². The molecule has 1 saturated heterocycles. The van der Waals surface area contributed by atoms with Gasteiger partial charge in [0.2, 0.25) is 0 Å². The van der Waals surface area contributed by atoms with Gasteiger partial charge in [-0.05, 0) is 39.8 Å². The normalized spacial score (nSPS) is 18.1. The van der Waals surface area contributed by atoms with Crippen molar-refractivity contribution in [2.24, 2.45) is 0 Å². The molecule has 1 amide bonds. The maximum Gasteiger partial charge on any atom is 0.410 e. The van der Waals surface area contributed by atoms with Gasteiger partial charge < -0.3 is 19.0 Å². The van der Waals surface area contributed by atoms with Gasteiger partial charge in [0.15, 0.2) is 5.58 Å². The Morgan fingerprint density at radius 3 is 2.77 bits per heavy atom. The highest BCUT2D eigenvalue weighted by Gasteiger charge is 2.32. The zero-order chi connectivity index (χ0) is 19.1. The van der Waals surface area contributed by atoms with Crippen LogP contribution in [-0.4, -0.2) is 47.3 Å². The Labute approximate surface area is 157 Å². The summed E-state index contributed by atoms with van der Waals surface area (Å²) in [5.41, 5.74) is 0.802. The van der Waals surface area contributed by atoms with Gasteiger partial charge in [0.25, 0.3) is 6.01 Å². The van der Waals surface area contributed by atoms with Gasteiger partial charge in [-0.2, -0.15) is 10.2 Å². The van der Waals surface area contributed by atoms with Gasteiger partial charge >= 0.3 is 6.09 Å². The number of carbonyl (C=O) groups is 1. The van der Waals surface area contributed by atoms with E-state index in [1.807, 2.05) is 32.6 Å². The number of fused-ring (bicyclic) bond motifs is 1. The number of piperazine rings is 1. The van der Waals surface area contributed by atoms with Gasteiger partial charge in [0.05, 0.1) is 5.56 Å². The molecule has 1 fully saturated rings. The Bertz CT molecular complexity index is 881. The first-order valence-corrected chi connectivity index (χ1v) is 8.80. The second kappa shape index (κ2) is 6.69. The van der Waals surface area contributed by atoms with Crippen molar-refractivity contribution in [1.29, 1.82) is 5.26 Å². The quantitative estimate of drug-likeness (QED) is 0.752. The summed E-state index contributed by atoms with van der Waals surface area (Å²) in [7, 11) is 0. The average Bonchev–Trinajstić information content (AvgIpc) is 2.95. The molecule has 1 aromatic heterocycles. The molecule has 1 atom stereocenters. The summed E-state index contributed by atoms with van der Waals surface area (Å²) >= 11 is 6.03. The number of amides is 1. The van der Waals surface area contributed by atoms with E-state index in [1.165, 1.54) is 0 Å². The highest BCUT2D eigenvalue weighted by molar-refractivity contribution is 6.31. The Balaban J connectivity index is 1.79. The van der Waals surface area contributed by atoms with Crippen molar-refractivity contribution in [1.82, 2.24) is 9.88 Å². The highest BCUT2D eigenvalue weighted by Crippen LogP contribution is 2.29. The van der Waals surface area contributed by atoms with Crippen molar-refractivity contribution in [2.45, 2.75) is 39.3 Å². The third-order valence-corrected chi connectivity index (χ3v) is 4.31. The summed E-state index contributed by atoms with van der Waals surface area (Å²) < 4.78 is 11.3. The van der Waals surface area contributed by atoms with Crippen LogP contribution in [0.3, 0.4) is 0 Å². The molecule has 26 heavy (non-hydrogen) atoms. The molecule has 0 aliphatic carbocycles. The lowest BCUT2D eigenvalue weighted by molar-refractivity contribution is 0.0216. The van der Waals surface area contributed by atoms with Crippen molar-refractivity contribution < 1.29 is 13.9 Å². The predicted molar refractivity (Wildman–Crippen MR) is 98.3 cm³/mol. The number of nitrogens with zero attached hydrogens (tertiary/aromatic N) is 4. The molecule has 2 heterocycles. The topological polar surface area (TPSA) is 82.6 Å². The molecule has 0 radical (unpaired) electrons. The number of nitriles is 1. The molecule has 138 valence electrons. The number of carbonyl (C=O) groups excluding carboxylic acids is 1. The first-order valence-electron chi connectivity index (χ1n) is 8.42. The number of oxazole rings is 1. The molecule has 0 saturated carbocycles. The van der Waals surface area contributed by atoms with Gasteiger partial charge in [-0.1, -0.05) is 11.6 Å². The summed E-state index contributed by atoms with van der Waals surface area (Å²) in [6.07, 6.45) is -0.319. The first-order chi connectivity index (χ1) is 12.2. The Morgan fingerprint density at radius 1 is 1.42 bits per heavy atom. The van der Waals surface area contributed by atoms with Crippen LogP contribution in [0.25, 0.3) is 11.1 Å². The van der Waals surface area contributed by atoms with E-state index in [-0.39, 0.29) is 12.1 Å². The molecule has 1 aromatic carbocycles.